The molecule has 1 aromatic rings. The molecule has 0 spiro atoms. The molecular formula is C25H41NO4. The number of amides is 1. The number of aromatic carboxylic acids is 1. The highest BCUT2D eigenvalue weighted by Gasteiger charge is 2.10. The van der Waals surface area contributed by atoms with E-state index in [1.165, 1.54) is 95.2 Å². The maximum atomic E-state index is 12.0. The summed E-state index contributed by atoms with van der Waals surface area (Å²) in [6, 6.07) is 3.87. The molecule has 0 fully saturated rings. The van der Waals surface area contributed by atoms with Gasteiger partial charge in [0.1, 0.15) is 5.75 Å². The summed E-state index contributed by atoms with van der Waals surface area (Å²) in [5.41, 5.74) is 0.191. The summed E-state index contributed by atoms with van der Waals surface area (Å²) in [6.07, 6.45) is 19.6. The molecule has 170 valence electrons. The lowest BCUT2D eigenvalue weighted by Crippen LogP contribution is -2.12. The molecule has 30 heavy (non-hydrogen) atoms. The van der Waals surface area contributed by atoms with E-state index in [4.69, 9.17) is 5.11 Å². The number of unbranched alkanes of at least 4 members (excludes halogenated alkanes) is 14. The van der Waals surface area contributed by atoms with E-state index in [0.29, 0.717) is 6.42 Å². The summed E-state index contributed by atoms with van der Waals surface area (Å²) in [4.78, 5) is 23.0. The summed E-state index contributed by atoms with van der Waals surface area (Å²) in [6.45, 7) is 2.26. The van der Waals surface area contributed by atoms with Crippen LogP contribution in [0.3, 0.4) is 0 Å². The minimum atomic E-state index is -1.09. The summed E-state index contributed by atoms with van der Waals surface area (Å²) in [7, 11) is 0. The van der Waals surface area contributed by atoms with Gasteiger partial charge in [-0.1, -0.05) is 96.8 Å². The van der Waals surface area contributed by atoms with Gasteiger partial charge in [0, 0.05) is 6.42 Å². The van der Waals surface area contributed by atoms with Crippen LogP contribution in [0.15, 0.2) is 18.2 Å². The lowest BCUT2D eigenvalue weighted by molar-refractivity contribution is -0.116. The monoisotopic (exact) mass is 419 g/mol. The van der Waals surface area contributed by atoms with Gasteiger partial charge in [0.25, 0.3) is 0 Å². The number of hydrogen-bond donors (Lipinski definition) is 3. The fourth-order valence-electron chi connectivity index (χ4n) is 3.64. The molecule has 0 aromatic heterocycles. The Bertz CT molecular complexity index is 615. The van der Waals surface area contributed by atoms with Gasteiger partial charge >= 0.3 is 5.97 Å². The largest absolute Gasteiger partial charge is 0.506 e. The first kappa shape index (κ1) is 26.0. The van der Waals surface area contributed by atoms with Crippen molar-refractivity contribution in [2.75, 3.05) is 5.32 Å². The van der Waals surface area contributed by atoms with Crippen molar-refractivity contribution >= 4 is 17.6 Å². The van der Waals surface area contributed by atoms with Crippen molar-refractivity contribution in [3.05, 3.63) is 23.8 Å². The third kappa shape index (κ3) is 12.5. The zero-order chi connectivity index (χ0) is 22.0. The molecule has 0 unspecified atom stereocenters. The van der Waals surface area contributed by atoms with E-state index >= 15 is 0 Å². The average molecular weight is 420 g/mol. The number of rotatable bonds is 18. The number of anilines is 1. The van der Waals surface area contributed by atoms with Crippen molar-refractivity contribution in [1.29, 1.82) is 0 Å². The molecule has 0 atom stereocenters. The Labute approximate surface area is 182 Å². The van der Waals surface area contributed by atoms with E-state index in [0.717, 1.165) is 19.3 Å². The van der Waals surface area contributed by atoms with Crippen LogP contribution in [0.1, 0.15) is 120 Å². The SMILES string of the molecule is CCCCCCCCCCCCCCCCCC(=O)Nc1cc(C(=O)O)ccc1O. The van der Waals surface area contributed by atoms with Gasteiger partial charge in [-0.15, -0.1) is 0 Å². The van der Waals surface area contributed by atoms with Crippen molar-refractivity contribution in [3.8, 4) is 5.75 Å². The first-order valence-corrected chi connectivity index (χ1v) is 11.9. The molecule has 0 bridgehead atoms. The second kappa shape index (κ2) is 16.7. The van der Waals surface area contributed by atoms with Gasteiger partial charge in [-0.25, -0.2) is 4.79 Å². The molecule has 5 heteroatoms. The highest BCUT2D eigenvalue weighted by molar-refractivity contribution is 5.95. The van der Waals surface area contributed by atoms with Crippen molar-refractivity contribution in [2.45, 2.75) is 110 Å². The molecule has 1 amide bonds. The molecular weight excluding hydrogens is 378 g/mol. The standard InChI is InChI=1S/C25H41NO4/c1-2-3-4-5-6-7-8-9-10-11-12-13-14-15-16-17-24(28)26-22-20-21(25(29)30)18-19-23(22)27/h18-20,27H,2-17H2,1H3,(H,26,28)(H,29,30). The number of aromatic hydroxyl groups is 1. The zero-order valence-corrected chi connectivity index (χ0v) is 18.8. The second-order valence-electron chi connectivity index (χ2n) is 8.29. The van der Waals surface area contributed by atoms with Gasteiger partial charge < -0.3 is 15.5 Å². The van der Waals surface area contributed by atoms with Crippen LogP contribution in [0.4, 0.5) is 5.69 Å². The molecule has 0 aliphatic rings. The van der Waals surface area contributed by atoms with E-state index in [1.54, 1.807) is 0 Å². The number of carbonyl (C=O) groups excluding carboxylic acids is 1. The number of phenolic OH excluding ortho intramolecular Hbond substituents is 1. The molecule has 0 saturated carbocycles. The van der Waals surface area contributed by atoms with E-state index in [1.807, 2.05) is 0 Å². The van der Waals surface area contributed by atoms with Gasteiger partial charge in [-0.3, -0.25) is 4.79 Å². The van der Waals surface area contributed by atoms with Crippen LogP contribution in [0.5, 0.6) is 5.75 Å². The second-order valence-corrected chi connectivity index (χ2v) is 8.29. The Kier molecular flexibility index (Phi) is 14.5. The summed E-state index contributed by atoms with van der Waals surface area (Å²) >= 11 is 0. The van der Waals surface area contributed by atoms with Gasteiger partial charge in [0.05, 0.1) is 11.3 Å². The van der Waals surface area contributed by atoms with E-state index in [-0.39, 0.29) is 22.9 Å². The fourth-order valence-corrected chi connectivity index (χ4v) is 3.64. The molecule has 0 heterocycles. The molecule has 3 N–H and O–H groups in total. The van der Waals surface area contributed by atoms with Crippen LogP contribution >= 0.6 is 0 Å². The maximum Gasteiger partial charge on any atom is 0.335 e. The van der Waals surface area contributed by atoms with Gasteiger partial charge in [0.2, 0.25) is 5.91 Å². The number of carboxylic acids is 1. The zero-order valence-electron chi connectivity index (χ0n) is 18.8. The smallest absolute Gasteiger partial charge is 0.335 e. The molecule has 1 aromatic carbocycles. The minimum absolute atomic E-state index is 0.0371. The molecule has 0 saturated heterocycles. The van der Waals surface area contributed by atoms with Gasteiger partial charge in [-0.05, 0) is 24.6 Å². The van der Waals surface area contributed by atoms with Crippen molar-refractivity contribution < 1.29 is 19.8 Å². The quantitative estimate of drug-likeness (QED) is 0.172. The van der Waals surface area contributed by atoms with E-state index in [2.05, 4.69) is 12.2 Å². The number of phenols is 1. The van der Waals surface area contributed by atoms with E-state index < -0.39 is 5.97 Å². The van der Waals surface area contributed by atoms with Crippen LogP contribution in [0.2, 0.25) is 0 Å². The Morgan fingerprint density at radius 2 is 1.23 bits per heavy atom. The predicted molar refractivity (Wildman–Crippen MR) is 123 cm³/mol. The lowest BCUT2D eigenvalue weighted by Gasteiger charge is -2.08. The minimum Gasteiger partial charge on any atom is -0.506 e. The Hall–Kier alpha value is -2.04. The number of nitrogens with one attached hydrogen (secondary N) is 1. The third-order valence-electron chi connectivity index (χ3n) is 5.52. The van der Waals surface area contributed by atoms with Crippen LogP contribution in [0.25, 0.3) is 0 Å². The van der Waals surface area contributed by atoms with Crippen molar-refractivity contribution in [3.63, 3.8) is 0 Å². The van der Waals surface area contributed by atoms with Gasteiger partial charge in [-0.2, -0.15) is 0 Å². The lowest BCUT2D eigenvalue weighted by atomic mass is 10.0. The highest BCUT2D eigenvalue weighted by atomic mass is 16.4. The molecule has 1 rings (SSSR count). The van der Waals surface area contributed by atoms with Crippen molar-refractivity contribution in [1.82, 2.24) is 0 Å². The maximum absolute atomic E-state index is 12.0. The molecule has 0 aliphatic heterocycles. The number of benzene rings is 1. The summed E-state index contributed by atoms with van der Waals surface area (Å²) in [5.74, 6) is -1.40. The normalized spacial score (nSPS) is 10.8. The Morgan fingerprint density at radius 3 is 1.70 bits per heavy atom. The number of carbonyl (C=O) groups is 2. The summed E-state index contributed by atoms with van der Waals surface area (Å²) in [5, 5.41) is 21.4. The van der Waals surface area contributed by atoms with E-state index in [9.17, 15) is 14.7 Å². The fraction of sp³-hybridized carbons (Fsp3) is 0.680. The number of hydrogen-bond acceptors (Lipinski definition) is 3. The molecule has 0 radical (unpaired) electrons. The van der Waals surface area contributed by atoms with Crippen LogP contribution in [-0.4, -0.2) is 22.1 Å². The molecule has 5 nitrogen and oxygen atoms in total. The van der Waals surface area contributed by atoms with Crippen LogP contribution in [0, 0.1) is 0 Å². The van der Waals surface area contributed by atoms with Crippen LogP contribution < -0.4 is 5.32 Å². The Morgan fingerprint density at radius 1 is 0.767 bits per heavy atom. The first-order chi connectivity index (χ1) is 14.5. The first-order valence-electron chi connectivity index (χ1n) is 11.9. The molecule has 0 aliphatic carbocycles. The van der Waals surface area contributed by atoms with Crippen molar-refractivity contribution in [2.24, 2.45) is 0 Å². The van der Waals surface area contributed by atoms with Gasteiger partial charge in [0.15, 0.2) is 0 Å². The highest BCUT2D eigenvalue weighted by Crippen LogP contribution is 2.24. The topological polar surface area (TPSA) is 86.6 Å². The average Bonchev–Trinajstić information content (AvgIpc) is 2.72. The number of carboxylic acid groups (broad SMARTS) is 1. The third-order valence-corrected chi connectivity index (χ3v) is 5.52. The Balaban J connectivity index is 1.96. The summed E-state index contributed by atoms with van der Waals surface area (Å²) < 4.78 is 0. The predicted octanol–water partition coefficient (Wildman–Crippen LogP) is 7.29. The van der Waals surface area contributed by atoms with Crippen LogP contribution in [-0.2, 0) is 4.79 Å².